The highest BCUT2D eigenvalue weighted by atomic mass is 32.2. The van der Waals surface area contributed by atoms with E-state index >= 15 is 0 Å². The molecular formula is C25H21F3N6O4S. The Hall–Kier alpha value is -4.64. The predicted octanol–water partition coefficient (Wildman–Crippen LogP) is 3.97. The second kappa shape index (κ2) is 10.3. The van der Waals surface area contributed by atoms with Gasteiger partial charge in [-0.15, -0.1) is 0 Å². The van der Waals surface area contributed by atoms with Crippen LogP contribution >= 0.6 is 0 Å². The van der Waals surface area contributed by atoms with Crippen LogP contribution < -0.4 is 11.0 Å². The Balaban J connectivity index is 1.93. The van der Waals surface area contributed by atoms with E-state index in [1.807, 2.05) is 0 Å². The number of amides is 1. The molecule has 2 aromatic carbocycles. The summed E-state index contributed by atoms with van der Waals surface area (Å²) in [6.45, 7) is 8.31. The number of carbonyl (C=O) groups excluding carboxylic acids is 1. The first-order valence-electron chi connectivity index (χ1n) is 11.3. The molecule has 4 rings (SSSR count). The summed E-state index contributed by atoms with van der Waals surface area (Å²) in [4.78, 5) is 30.2. The van der Waals surface area contributed by atoms with Gasteiger partial charge in [0.25, 0.3) is 0 Å². The number of hydrogen-bond acceptors (Lipinski definition) is 5. The average molecular weight is 559 g/mol. The third kappa shape index (κ3) is 5.63. The Morgan fingerprint density at radius 2 is 1.79 bits per heavy atom. The van der Waals surface area contributed by atoms with Crippen molar-refractivity contribution in [2.75, 3.05) is 18.6 Å². The van der Waals surface area contributed by atoms with Gasteiger partial charge in [0.1, 0.15) is 15.5 Å². The molecule has 0 atom stereocenters. The molecule has 202 valence electrons. The van der Waals surface area contributed by atoms with E-state index in [4.69, 9.17) is 6.57 Å². The van der Waals surface area contributed by atoms with E-state index in [1.54, 1.807) is 24.3 Å². The summed E-state index contributed by atoms with van der Waals surface area (Å²) in [6.07, 6.45) is -2.27. The Labute approximate surface area is 220 Å². The number of imidazole rings is 1. The average Bonchev–Trinajstić information content (AvgIpc) is 3.44. The maximum absolute atomic E-state index is 13.6. The summed E-state index contributed by atoms with van der Waals surface area (Å²) in [5.41, 5.74) is -0.782. The maximum Gasteiger partial charge on any atom is 0.416 e. The van der Waals surface area contributed by atoms with Crippen LogP contribution in [0.15, 0.2) is 65.6 Å². The second-order valence-electron chi connectivity index (χ2n) is 8.55. The number of alkyl halides is 3. The molecule has 0 fully saturated rings. The lowest BCUT2D eigenvalue weighted by molar-refractivity contribution is -0.137. The van der Waals surface area contributed by atoms with Crippen molar-refractivity contribution >= 4 is 21.6 Å². The number of carbonyl (C=O) groups is 1. The number of hydrogen-bond donors (Lipinski definition) is 1. The Morgan fingerprint density at radius 3 is 2.41 bits per heavy atom. The molecule has 0 bridgehead atoms. The van der Waals surface area contributed by atoms with Gasteiger partial charge in [-0.2, -0.15) is 18.3 Å². The van der Waals surface area contributed by atoms with Gasteiger partial charge in [0.05, 0.1) is 46.8 Å². The molecule has 0 saturated heterocycles. The highest BCUT2D eigenvalue weighted by molar-refractivity contribution is 7.90. The van der Waals surface area contributed by atoms with Crippen LogP contribution in [0.25, 0.3) is 27.6 Å². The fourth-order valence-electron chi connectivity index (χ4n) is 4.00. The molecule has 0 aliphatic heterocycles. The van der Waals surface area contributed by atoms with E-state index in [1.165, 1.54) is 29.9 Å². The Morgan fingerprint density at radius 1 is 1.10 bits per heavy atom. The Kier molecular flexibility index (Phi) is 7.21. The molecule has 1 N–H and O–H groups in total. The van der Waals surface area contributed by atoms with Crippen molar-refractivity contribution in [3.63, 3.8) is 0 Å². The van der Waals surface area contributed by atoms with Gasteiger partial charge in [0.2, 0.25) is 0 Å². The van der Waals surface area contributed by atoms with Crippen LogP contribution in [0.3, 0.4) is 0 Å². The molecule has 0 aliphatic rings. The van der Waals surface area contributed by atoms with E-state index in [2.05, 4.69) is 15.3 Å². The molecule has 0 aliphatic carbocycles. The van der Waals surface area contributed by atoms with Crippen LogP contribution in [0.4, 0.5) is 23.7 Å². The summed E-state index contributed by atoms with van der Waals surface area (Å²) in [5, 5.41) is 6.66. The van der Waals surface area contributed by atoms with Gasteiger partial charge in [-0.25, -0.2) is 32.1 Å². The van der Waals surface area contributed by atoms with E-state index < -0.39 is 33.3 Å². The van der Waals surface area contributed by atoms with Crippen molar-refractivity contribution in [3.8, 4) is 22.8 Å². The number of aromatic nitrogens is 4. The van der Waals surface area contributed by atoms with Gasteiger partial charge in [0.15, 0.2) is 5.69 Å². The van der Waals surface area contributed by atoms with Crippen molar-refractivity contribution in [2.24, 2.45) is 0 Å². The van der Waals surface area contributed by atoms with E-state index in [0.717, 1.165) is 33.6 Å². The van der Waals surface area contributed by atoms with Crippen molar-refractivity contribution in [1.82, 2.24) is 24.2 Å². The lowest BCUT2D eigenvalue weighted by atomic mass is 10.2. The number of halogens is 3. The molecular weight excluding hydrogens is 537 g/mol. The topological polar surface area (TPSA) is 112 Å². The highest BCUT2D eigenvalue weighted by Crippen LogP contribution is 2.32. The van der Waals surface area contributed by atoms with Crippen LogP contribution in [-0.2, 0) is 16.0 Å². The van der Waals surface area contributed by atoms with E-state index in [-0.39, 0.29) is 35.1 Å². The molecule has 10 nitrogen and oxygen atoms in total. The van der Waals surface area contributed by atoms with Crippen LogP contribution in [0.5, 0.6) is 0 Å². The summed E-state index contributed by atoms with van der Waals surface area (Å²) in [6, 6.07) is 11.0. The smallest absolute Gasteiger partial charge is 0.336 e. The van der Waals surface area contributed by atoms with Crippen molar-refractivity contribution in [3.05, 3.63) is 94.0 Å². The van der Waals surface area contributed by atoms with Crippen molar-refractivity contribution in [2.45, 2.75) is 13.1 Å². The number of rotatable bonds is 6. The molecule has 0 saturated carbocycles. The molecule has 14 heteroatoms. The largest absolute Gasteiger partial charge is 0.416 e. The van der Waals surface area contributed by atoms with Crippen LogP contribution in [0, 0.1) is 13.5 Å². The van der Waals surface area contributed by atoms with Crippen LogP contribution in [0.1, 0.15) is 11.3 Å². The van der Waals surface area contributed by atoms with Gasteiger partial charge in [0, 0.05) is 12.8 Å². The lowest BCUT2D eigenvalue weighted by Crippen LogP contribution is -2.39. The van der Waals surface area contributed by atoms with E-state index in [9.17, 15) is 31.2 Å². The first-order valence-corrected chi connectivity index (χ1v) is 13.4. The monoisotopic (exact) mass is 558 g/mol. The third-order valence-electron chi connectivity index (χ3n) is 5.78. The third-order valence-corrected chi connectivity index (χ3v) is 6.72. The summed E-state index contributed by atoms with van der Waals surface area (Å²) >= 11 is 0. The number of nitrogens with one attached hydrogen (secondary N) is 1. The van der Waals surface area contributed by atoms with Gasteiger partial charge in [-0.3, -0.25) is 4.57 Å². The minimum atomic E-state index is -4.67. The standard InChI is InChI=1S/C25H21F3N6O4S/c1-16-22(21-11-12-31-34(21)19-9-7-18(29-2)8-10-19)33(23(35)30-13-14-39(3,37)38)24(36)32(16)20-6-4-5-17(15-20)25(26,27)28/h4-12,15H,13-14H2,1,3H3,(H,30,35). The molecule has 2 aromatic heterocycles. The zero-order valence-corrected chi connectivity index (χ0v) is 21.4. The second-order valence-corrected chi connectivity index (χ2v) is 10.8. The first kappa shape index (κ1) is 27.4. The lowest BCUT2D eigenvalue weighted by Gasteiger charge is -2.12. The van der Waals surface area contributed by atoms with Gasteiger partial charge < -0.3 is 5.32 Å². The minimum absolute atomic E-state index is 0.0287. The first-order chi connectivity index (χ1) is 18.3. The van der Waals surface area contributed by atoms with E-state index in [0.29, 0.717) is 11.4 Å². The molecule has 0 radical (unpaired) electrons. The van der Waals surface area contributed by atoms with Crippen molar-refractivity contribution in [1.29, 1.82) is 0 Å². The fraction of sp³-hybridized carbons (Fsp3) is 0.200. The number of nitrogens with zero attached hydrogens (tertiary/aromatic N) is 5. The SMILES string of the molecule is [C-]#[N+]c1ccc(-n2nccc2-c2c(C)n(-c3cccc(C(F)(F)F)c3)c(=O)n2C(=O)NCCS(C)(=O)=O)cc1. The Bertz CT molecular complexity index is 1760. The molecule has 39 heavy (non-hydrogen) atoms. The summed E-state index contributed by atoms with van der Waals surface area (Å²) in [7, 11) is -3.43. The minimum Gasteiger partial charge on any atom is -0.336 e. The molecule has 0 unspecified atom stereocenters. The molecule has 1 amide bonds. The van der Waals surface area contributed by atoms with Gasteiger partial charge >= 0.3 is 17.9 Å². The normalized spacial score (nSPS) is 11.8. The zero-order valence-electron chi connectivity index (χ0n) is 20.6. The molecule has 0 spiro atoms. The van der Waals surface area contributed by atoms with Gasteiger partial charge in [-0.1, -0.05) is 18.2 Å². The quantitative estimate of drug-likeness (QED) is 0.360. The highest BCUT2D eigenvalue weighted by Gasteiger charge is 2.32. The summed E-state index contributed by atoms with van der Waals surface area (Å²) < 4.78 is 66.4. The predicted molar refractivity (Wildman–Crippen MR) is 137 cm³/mol. The number of benzene rings is 2. The van der Waals surface area contributed by atoms with Gasteiger partial charge in [-0.05, 0) is 43.3 Å². The summed E-state index contributed by atoms with van der Waals surface area (Å²) in [5.74, 6) is -0.387. The number of sulfone groups is 1. The van der Waals surface area contributed by atoms with Crippen molar-refractivity contribution < 1.29 is 26.4 Å². The molecule has 4 aromatic rings. The zero-order chi connectivity index (χ0) is 28.5. The van der Waals surface area contributed by atoms with Crippen LogP contribution in [0.2, 0.25) is 0 Å². The van der Waals surface area contributed by atoms with Crippen LogP contribution in [-0.4, -0.2) is 51.9 Å². The fourth-order valence-corrected chi connectivity index (χ4v) is 4.47. The molecule has 2 heterocycles. The maximum atomic E-state index is 13.6.